The smallest absolute Gasteiger partial charge is 0.327 e. The highest BCUT2D eigenvalue weighted by Crippen LogP contribution is 2.62. The molecule has 0 radical (unpaired) electrons. The number of hydrogen-bond acceptors (Lipinski definition) is 5. The standard InChI is InChI=1S/C14H17NO4/c1-3-7(2)12(16)18-10-8-4-9-11(10)19-13(17)14(9,5-8)6-15/h7-11H,3-5H2,1-2H3. The Kier molecular flexibility index (Phi) is 2.60. The number of esters is 2. The second-order valence-corrected chi connectivity index (χ2v) is 5.97. The van der Waals surface area contributed by atoms with Crippen molar-refractivity contribution in [3.63, 3.8) is 0 Å². The topological polar surface area (TPSA) is 76.4 Å². The summed E-state index contributed by atoms with van der Waals surface area (Å²) in [6.45, 7) is 3.76. The van der Waals surface area contributed by atoms with Crippen molar-refractivity contribution < 1.29 is 19.1 Å². The molecule has 0 aromatic heterocycles. The zero-order chi connectivity index (χ0) is 13.8. The average molecular weight is 263 g/mol. The Morgan fingerprint density at radius 1 is 1.68 bits per heavy atom. The van der Waals surface area contributed by atoms with Gasteiger partial charge in [-0.3, -0.25) is 9.59 Å². The Morgan fingerprint density at radius 2 is 2.42 bits per heavy atom. The van der Waals surface area contributed by atoms with Crippen LogP contribution >= 0.6 is 0 Å². The first-order valence-electron chi connectivity index (χ1n) is 6.86. The van der Waals surface area contributed by atoms with Gasteiger partial charge in [0.25, 0.3) is 0 Å². The molecule has 2 saturated carbocycles. The van der Waals surface area contributed by atoms with Gasteiger partial charge in [0.05, 0.1) is 12.0 Å². The van der Waals surface area contributed by atoms with E-state index >= 15 is 0 Å². The first kappa shape index (κ1) is 12.5. The number of ether oxygens (including phenoxy) is 2. The lowest BCUT2D eigenvalue weighted by atomic mass is 9.74. The van der Waals surface area contributed by atoms with Gasteiger partial charge in [0.2, 0.25) is 0 Å². The summed E-state index contributed by atoms with van der Waals surface area (Å²) < 4.78 is 10.9. The minimum Gasteiger partial charge on any atom is -0.458 e. The molecule has 5 nitrogen and oxygen atoms in total. The van der Waals surface area contributed by atoms with Gasteiger partial charge < -0.3 is 9.47 Å². The molecule has 0 spiro atoms. The monoisotopic (exact) mass is 263 g/mol. The number of nitriles is 1. The molecule has 0 N–H and O–H groups in total. The normalized spacial score (nSPS) is 43.7. The van der Waals surface area contributed by atoms with Crippen molar-refractivity contribution in [2.24, 2.45) is 23.2 Å². The lowest BCUT2D eigenvalue weighted by molar-refractivity contribution is -0.165. The molecule has 1 heterocycles. The molecule has 5 heteroatoms. The van der Waals surface area contributed by atoms with E-state index in [4.69, 9.17) is 9.47 Å². The van der Waals surface area contributed by atoms with Crippen molar-refractivity contribution >= 4 is 11.9 Å². The summed E-state index contributed by atoms with van der Waals surface area (Å²) in [4.78, 5) is 23.8. The second-order valence-electron chi connectivity index (χ2n) is 5.97. The Morgan fingerprint density at radius 3 is 3.05 bits per heavy atom. The summed E-state index contributed by atoms with van der Waals surface area (Å²) in [5, 5.41) is 9.27. The zero-order valence-corrected chi connectivity index (χ0v) is 11.1. The molecule has 6 unspecified atom stereocenters. The van der Waals surface area contributed by atoms with E-state index in [-0.39, 0.29) is 29.8 Å². The van der Waals surface area contributed by atoms with Crippen LogP contribution in [0.5, 0.6) is 0 Å². The van der Waals surface area contributed by atoms with Crippen LogP contribution in [0, 0.1) is 34.5 Å². The highest BCUT2D eigenvalue weighted by molar-refractivity contribution is 5.84. The van der Waals surface area contributed by atoms with Gasteiger partial charge in [0.1, 0.15) is 12.2 Å². The van der Waals surface area contributed by atoms with Gasteiger partial charge >= 0.3 is 11.9 Å². The largest absolute Gasteiger partial charge is 0.458 e. The van der Waals surface area contributed by atoms with E-state index in [0.29, 0.717) is 6.42 Å². The molecule has 2 bridgehead atoms. The first-order valence-corrected chi connectivity index (χ1v) is 6.86. The lowest BCUT2D eigenvalue weighted by Gasteiger charge is -2.28. The minimum atomic E-state index is -0.964. The molecule has 6 atom stereocenters. The number of nitrogens with zero attached hydrogens (tertiary/aromatic N) is 1. The van der Waals surface area contributed by atoms with Crippen LogP contribution in [0.1, 0.15) is 33.1 Å². The van der Waals surface area contributed by atoms with Crippen molar-refractivity contribution in [1.82, 2.24) is 0 Å². The van der Waals surface area contributed by atoms with Gasteiger partial charge in [-0.05, 0) is 19.3 Å². The van der Waals surface area contributed by atoms with E-state index in [1.165, 1.54) is 0 Å². The van der Waals surface area contributed by atoms with Crippen molar-refractivity contribution in [2.45, 2.75) is 45.3 Å². The summed E-state index contributed by atoms with van der Waals surface area (Å²) in [7, 11) is 0. The maximum absolute atomic E-state index is 11.9. The fourth-order valence-corrected chi connectivity index (χ4v) is 3.70. The predicted molar refractivity (Wildman–Crippen MR) is 63.5 cm³/mol. The van der Waals surface area contributed by atoms with Crippen LogP contribution in [0.15, 0.2) is 0 Å². The van der Waals surface area contributed by atoms with Crippen LogP contribution in [0.4, 0.5) is 0 Å². The van der Waals surface area contributed by atoms with Crippen LogP contribution in [0.2, 0.25) is 0 Å². The van der Waals surface area contributed by atoms with Crippen LogP contribution < -0.4 is 0 Å². The number of rotatable bonds is 3. The average Bonchev–Trinajstić information content (AvgIpc) is 2.99. The summed E-state index contributed by atoms with van der Waals surface area (Å²) in [5.41, 5.74) is -0.964. The van der Waals surface area contributed by atoms with Gasteiger partial charge in [0.15, 0.2) is 5.41 Å². The van der Waals surface area contributed by atoms with E-state index < -0.39 is 17.5 Å². The van der Waals surface area contributed by atoms with E-state index in [1.54, 1.807) is 0 Å². The van der Waals surface area contributed by atoms with E-state index in [0.717, 1.165) is 12.8 Å². The van der Waals surface area contributed by atoms with Crippen LogP contribution in [-0.2, 0) is 19.1 Å². The zero-order valence-electron chi connectivity index (χ0n) is 11.1. The highest BCUT2D eigenvalue weighted by atomic mass is 16.6. The molecule has 0 aromatic rings. The third kappa shape index (κ3) is 1.46. The summed E-state index contributed by atoms with van der Waals surface area (Å²) in [6, 6.07) is 2.14. The molecule has 102 valence electrons. The SMILES string of the molecule is CCC(C)C(=O)OC1C2CC3C1OC(=O)C3(C#N)C2. The van der Waals surface area contributed by atoms with Crippen molar-refractivity contribution in [2.75, 3.05) is 0 Å². The lowest BCUT2D eigenvalue weighted by Crippen LogP contribution is -2.40. The van der Waals surface area contributed by atoms with E-state index in [2.05, 4.69) is 6.07 Å². The Bertz CT molecular complexity index is 482. The predicted octanol–water partition coefficient (Wildman–Crippen LogP) is 1.42. The number of carbonyl (C=O) groups is 2. The van der Waals surface area contributed by atoms with Gasteiger partial charge in [0, 0.05) is 11.8 Å². The maximum Gasteiger partial charge on any atom is 0.327 e. The Labute approximate surface area is 111 Å². The third-order valence-corrected chi connectivity index (χ3v) is 5.03. The minimum absolute atomic E-state index is 0.0918. The highest BCUT2D eigenvalue weighted by Gasteiger charge is 2.72. The first-order chi connectivity index (χ1) is 9.03. The summed E-state index contributed by atoms with van der Waals surface area (Å²) >= 11 is 0. The molecule has 3 rings (SSSR count). The van der Waals surface area contributed by atoms with E-state index in [1.807, 2.05) is 13.8 Å². The molecule has 3 aliphatic rings. The molecule has 1 saturated heterocycles. The fraction of sp³-hybridized carbons (Fsp3) is 0.786. The molecule has 1 aliphatic heterocycles. The molecule has 0 amide bonds. The van der Waals surface area contributed by atoms with Crippen LogP contribution in [0.25, 0.3) is 0 Å². The summed E-state index contributed by atoms with van der Waals surface area (Å²) in [6.07, 6.45) is 1.20. The van der Waals surface area contributed by atoms with Crippen LogP contribution in [-0.4, -0.2) is 24.1 Å². The molecular weight excluding hydrogens is 246 g/mol. The number of fused-ring (bicyclic) bond motifs is 1. The summed E-state index contributed by atoms with van der Waals surface area (Å²) in [5.74, 6) is -0.795. The molecule has 19 heavy (non-hydrogen) atoms. The molecular formula is C14H17NO4. The quantitative estimate of drug-likeness (QED) is 0.720. The Hall–Kier alpha value is -1.57. The number of hydrogen-bond donors (Lipinski definition) is 0. The van der Waals surface area contributed by atoms with Gasteiger partial charge in [-0.1, -0.05) is 13.8 Å². The van der Waals surface area contributed by atoms with Crippen molar-refractivity contribution in [3.8, 4) is 6.07 Å². The van der Waals surface area contributed by atoms with E-state index in [9.17, 15) is 14.9 Å². The molecule has 2 aliphatic carbocycles. The van der Waals surface area contributed by atoms with Gasteiger partial charge in [-0.2, -0.15) is 5.26 Å². The third-order valence-electron chi connectivity index (χ3n) is 5.03. The second kappa shape index (κ2) is 3.96. The van der Waals surface area contributed by atoms with Gasteiger partial charge in [-0.15, -0.1) is 0 Å². The van der Waals surface area contributed by atoms with Crippen LogP contribution in [0.3, 0.4) is 0 Å². The van der Waals surface area contributed by atoms with Crippen molar-refractivity contribution in [3.05, 3.63) is 0 Å². The fourth-order valence-electron chi connectivity index (χ4n) is 3.70. The number of carbonyl (C=O) groups excluding carboxylic acids is 2. The van der Waals surface area contributed by atoms with Gasteiger partial charge in [-0.25, -0.2) is 0 Å². The molecule has 0 aromatic carbocycles. The molecule has 3 fully saturated rings. The maximum atomic E-state index is 11.9. The Balaban J connectivity index is 1.78. The van der Waals surface area contributed by atoms with Crippen molar-refractivity contribution in [1.29, 1.82) is 5.26 Å².